The molecule has 7 heteroatoms. The van der Waals surface area contributed by atoms with E-state index < -0.39 is 10.0 Å². The third kappa shape index (κ3) is 3.10. The monoisotopic (exact) mass is 337 g/mol. The molecule has 1 N–H and O–H groups in total. The van der Waals surface area contributed by atoms with Crippen molar-refractivity contribution in [1.82, 2.24) is 4.98 Å². The second kappa shape index (κ2) is 5.38. The van der Waals surface area contributed by atoms with E-state index in [2.05, 4.69) is 25.6 Å². The van der Waals surface area contributed by atoms with Gasteiger partial charge in [-0.3, -0.25) is 4.72 Å². The minimum Gasteiger partial charge on any atom is -0.263 e. The quantitative estimate of drug-likeness (QED) is 0.932. The van der Waals surface area contributed by atoms with Crippen molar-refractivity contribution in [2.45, 2.75) is 4.90 Å². The van der Waals surface area contributed by atoms with E-state index in [1.165, 1.54) is 24.4 Å². The summed E-state index contributed by atoms with van der Waals surface area (Å²) in [6.45, 7) is 0. The second-order valence-corrected chi connectivity index (χ2v) is 6.14. The molecule has 0 amide bonds. The van der Waals surface area contributed by atoms with Crippen molar-refractivity contribution < 1.29 is 8.42 Å². The molecule has 0 aliphatic carbocycles. The van der Waals surface area contributed by atoms with E-state index in [0.29, 0.717) is 4.47 Å². The summed E-state index contributed by atoms with van der Waals surface area (Å²) < 4.78 is 27.4. The summed E-state index contributed by atoms with van der Waals surface area (Å²) in [5, 5.41) is 8.93. The molecule has 2 aromatic rings. The summed E-state index contributed by atoms with van der Waals surface area (Å²) in [5.41, 5.74) is 0.0880. The molecule has 0 bridgehead atoms. The summed E-state index contributed by atoms with van der Waals surface area (Å²) in [5.74, 6) is 0.183. The summed E-state index contributed by atoms with van der Waals surface area (Å²) >= 11 is 3.23. The number of nitrogens with zero attached hydrogens (tertiary/aromatic N) is 2. The largest absolute Gasteiger partial charge is 0.264 e. The lowest BCUT2D eigenvalue weighted by atomic mass is 10.2. The van der Waals surface area contributed by atoms with Crippen molar-refractivity contribution in [2.75, 3.05) is 4.72 Å². The van der Waals surface area contributed by atoms with Crippen LogP contribution in [0.4, 0.5) is 5.82 Å². The second-order valence-electron chi connectivity index (χ2n) is 3.57. The van der Waals surface area contributed by atoms with Crippen LogP contribution in [0.3, 0.4) is 0 Å². The predicted molar refractivity (Wildman–Crippen MR) is 73.9 cm³/mol. The molecule has 0 spiro atoms. The number of sulfonamides is 1. The molecule has 0 unspecified atom stereocenters. The van der Waals surface area contributed by atoms with Crippen LogP contribution in [0.1, 0.15) is 5.56 Å². The number of anilines is 1. The first-order valence-electron chi connectivity index (χ1n) is 5.16. The van der Waals surface area contributed by atoms with Gasteiger partial charge in [0.2, 0.25) is 0 Å². The summed E-state index contributed by atoms with van der Waals surface area (Å²) in [7, 11) is -3.83. The molecular weight excluding hydrogens is 330 g/mol. The van der Waals surface area contributed by atoms with E-state index in [1.807, 2.05) is 6.07 Å². The zero-order valence-corrected chi connectivity index (χ0v) is 11.9. The molecule has 0 atom stereocenters. The molecular formula is C12H8BrN3O2S. The standard InChI is InChI=1S/C12H8BrN3O2S/c13-10-5-6-15-12(7-10)16-19(17,18)11-4-2-1-3-9(11)8-14/h1-7H,(H,15,16). The molecule has 0 aliphatic rings. The Morgan fingerprint density at radius 2 is 2.00 bits per heavy atom. The Hall–Kier alpha value is -1.91. The first kappa shape index (κ1) is 13.5. The lowest BCUT2D eigenvalue weighted by Gasteiger charge is -2.08. The Morgan fingerprint density at radius 3 is 2.68 bits per heavy atom. The van der Waals surface area contributed by atoms with E-state index in [1.54, 1.807) is 18.2 Å². The zero-order valence-electron chi connectivity index (χ0n) is 9.54. The number of halogens is 1. The molecule has 0 aliphatic heterocycles. The Labute approximate surface area is 119 Å². The fourth-order valence-corrected chi connectivity index (χ4v) is 2.94. The zero-order chi connectivity index (χ0) is 13.9. The molecule has 0 fully saturated rings. The van der Waals surface area contributed by atoms with Crippen molar-refractivity contribution >= 4 is 31.8 Å². The SMILES string of the molecule is N#Cc1ccccc1S(=O)(=O)Nc1cc(Br)ccn1. The molecule has 1 aromatic heterocycles. The number of hydrogen-bond donors (Lipinski definition) is 1. The molecule has 19 heavy (non-hydrogen) atoms. The maximum atomic E-state index is 12.2. The van der Waals surface area contributed by atoms with Crippen LogP contribution >= 0.6 is 15.9 Å². The van der Waals surface area contributed by atoms with Crippen LogP contribution in [-0.4, -0.2) is 13.4 Å². The van der Waals surface area contributed by atoms with Crippen molar-refractivity contribution in [2.24, 2.45) is 0 Å². The van der Waals surface area contributed by atoms with Gasteiger partial charge in [-0.25, -0.2) is 13.4 Å². The highest BCUT2D eigenvalue weighted by Gasteiger charge is 2.18. The first-order chi connectivity index (χ1) is 9.03. The highest BCUT2D eigenvalue weighted by atomic mass is 79.9. The fraction of sp³-hybridized carbons (Fsp3) is 0. The fourth-order valence-electron chi connectivity index (χ4n) is 1.45. The molecule has 0 saturated carbocycles. The van der Waals surface area contributed by atoms with Gasteiger partial charge in [-0.05, 0) is 24.3 Å². The highest BCUT2D eigenvalue weighted by molar-refractivity contribution is 9.10. The summed E-state index contributed by atoms with van der Waals surface area (Å²) in [6, 6.07) is 11.1. The van der Waals surface area contributed by atoms with Gasteiger partial charge in [0.15, 0.2) is 0 Å². The number of nitrogens with one attached hydrogen (secondary N) is 1. The molecule has 0 saturated heterocycles. The Balaban J connectivity index is 2.41. The van der Waals surface area contributed by atoms with E-state index >= 15 is 0 Å². The lowest BCUT2D eigenvalue weighted by molar-refractivity contribution is 0.601. The number of benzene rings is 1. The normalized spacial score (nSPS) is 10.7. The average molecular weight is 338 g/mol. The van der Waals surface area contributed by atoms with E-state index in [-0.39, 0.29) is 16.3 Å². The van der Waals surface area contributed by atoms with Gasteiger partial charge < -0.3 is 0 Å². The van der Waals surface area contributed by atoms with Gasteiger partial charge >= 0.3 is 0 Å². The molecule has 96 valence electrons. The predicted octanol–water partition coefficient (Wildman–Crippen LogP) is 2.52. The first-order valence-corrected chi connectivity index (χ1v) is 7.44. The number of aromatic nitrogens is 1. The minimum atomic E-state index is -3.83. The van der Waals surface area contributed by atoms with Gasteiger partial charge in [-0.15, -0.1) is 0 Å². The van der Waals surface area contributed by atoms with Crippen LogP contribution in [0.15, 0.2) is 52.0 Å². The molecule has 1 heterocycles. The van der Waals surface area contributed by atoms with Crippen molar-refractivity contribution in [1.29, 1.82) is 5.26 Å². The van der Waals surface area contributed by atoms with Gasteiger partial charge in [0.25, 0.3) is 10.0 Å². The van der Waals surface area contributed by atoms with Gasteiger partial charge in [-0.2, -0.15) is 5.26 Å². The van der Waals surface area contributed by atoms with Crippen LogP contribution in [0.2, 0.25) is 0 Å². The van der Waals surface area contributed by atoms with Crippen molar-refractivity contribution in [3.8, 4) is 6.07 Å². The van der Waals surface area contributed by atoms with Crippen LogP contribution in [0, 0.1) is 11.3 Å². The van der Waals surface area contributed by atoms with E-state index in [0.717, 1.165) is 0 Å². The van der Waals surface area contributed by atoms with Gasteiger partial charge in [0.1, 0.15) is 16.8 Å². The Morgan fingerprint density at radius 1 is 1.26 bits per heavy atom. The molecule has 2 rings (SSSR count). The van der Waals surface area contributed by atoms with Crippen LogP contribution < -0.4 is 4.72 Å². The summed E-state index contributed by atoms with van der Waals surface area (Å²) in [4.78, 5) is 3.83. The van der Waals surface area contributed by atoms with Crippen molar-refractivity contribution in [3.63, 3.8) is 0 Å². The molecule has 5 nitrogen and oxygen atoms in total. The Kier molecular flexibility index (Phi) is 3.83. The third-order valence-electron chi connectivity index (χ3n) is 2.26. The molecule has 0 radical (unpaired) electrons. The smallest absolute Gasteiger partial charge is 0.263 e. The van der Waals surface area contributed by atoms with Crippen LogP contribution in [-0.2, 0) is 10.0 Å². The number of rotatable bonds is 3. The number of hydrogen-bond acceptors (Lipinski definition) is 4. The maximum absolute atomic E-state index is 12.2. The van der Waals surface area contributed by atoms with Gasteiger partial charge in [0.05, 0.1) is 5.56 Å². The summed E-state index contributed by atoms with van der Waals surface area (Å²) in [6.07, 6.45) is 1.47. The van der Waals surface area contributed by atoms with E-state index in [4.69, 9.17) is 5.26 Å². The maximum Gasteiger partial charge on any atom is 0.264 e. The van der Waals surface area contributed by atoms with Crippen LogP contribution in [0.5, 0.6) is 0 Å². The highest BCUT2D eigenvalue weighted by Crippen LogP contribution is 2.19. The number of pyridine rings is 1. The van der Waals surface area contributed by atoms with Crippen LogP contribution in [0.25, 0.3) is 0 Å². The Bertz CT molecular complexity index is 754. The van der Waals surface area contributed by atoms with E-state index in [9.17, 15) is 8.42 Å². The topological polar surface area (TPSA) is 82.8 Å². The molecule has 1 aromatic carbocycles. The van der Waals surface area contributed by atoms with Crippen molar-refractivity contribution in [3.05, 3.63) is 52.6 Å². The average Bonchev–Trinajstić information content (AvgIpc) is 2.38. The lowest BCUT2D eigenvalue weighted by Crippen LogP contribution is -2.15. The minimum absolute atomic E-state index is 0.0701. The van der Waals surface area contributed by atoms with Gasteiger partial charge in [-0.1, -0.05) is 28.1 Å². The third-order valence-corrected chi connectivity index (χ3v) is 4.16. The number of nitriles is 1. The van der Waals surface area contributed by atoms with Gasteiger partial charge in [0, 0.05) is 10.7 Å².